The van der Waals surface area contributed by atoms with Crippen LogP contribution in [0.15, 0.2) is 41.4 Å². The summed E-state index contributed by atoms with van der Waals surface area (Å²) in [4.78, 5) is 4.73. The van der Waals surface area contributed by atoms with E-state index in [9.17, 15) is 0 Å². The van der Waals surface area contributed by atoms with Crippen LogP contribution in [0.3, 0.4) is 0 Å². The smallest absolute Gasteiger partial charge is 0.217 e. The van der Waals surface area contributed by atoms with Crippen molar-refractivity contribution in [1.82, 2.24) is 0 Å². The zero-order valence-corrected chi connectivity index (χ0v) is 16.4. The van der Waals surface area contributed by atoms with E-state index in [1.54, 1.807) is 14.2 Å². The molecule has 0 bridgehead atoms. The molecule has 0 aromatic heterocycles. The summed E-state index contributed by atoms with van der Waals surface area (Å²) in [6.45, 7) is 4.70. The van der Waals surface area contributed by atoms with E-state index in [4.69, 9.17) is 30.8 Å². The zero-order valence-electron chi connectivity index (χ0n) is 15.6. The van der Waals surface area contributed by atoms with E-state index in [1.165, 1.54) is 5.56 Å². The Hall–Kier alpha value is -2.20. The van der Waals surface area contributed by atoms with Gasteiger partial charge in [-0.25, -0.2) is 4.99 Å². The standard InChI is InChI=1S/C21H24ClNO3/c1-21(2)13-26-20(23-21)17-10-11-18(24-3)19(25-4)16(17)9-8-14-6-5-7-15(22)12-14/h5-7,10-12H,8-9,13H2,1-4H3. The molecule has 2 aromatic carbocycles. The number of ether oxygens (including phenoxy) is 3. The minimum atomic E-state index is -0.216. The first-order valence-electron chi connectivity index (χ1n) is 8.65. The monoisotopic (exact) mass is 373 g/mol. The first kappa shape index (κ1) is 18.6. The molecule has 5 heteroatoms. The third-order valence-electron chi connectivity index (χ3n) is 4.40. The lowest BCUT2D eigenvalue weighted by Gasteiger charge is -2.17. The Balaban J connectivity index is 1.99. The lowest BCUT2D eigenvalue weighted by Crippen LogP contribution is -2.17. The van der Waals surface area contributed by atoms with E-state index in [-0.39, 0.29) is 5.54 Å². The van der Waals surface area contributed by atoms with Crippen LogP contribution in [-0.4, -0.2) is 32.3 Å². The van der Waals surface area contributed by atoms with Gasteiger partial charge in [0.15, 0.2) is 11.5 Å². The van der Waals surface area contributed by atoms with Gasteiger partial charge in [0.2, 0.25) is 5.90 Å². The summed E-state index contributed by atoms with van der Waals surface area (Å²) in [5, 5.41) is 0.741. The maximum atomic E-state index is 6.12. The fourth-order valence-electron chi connectivity index (χ4n) is 3.12. The van der Waals surface area contributed by atoms with Crippen LogP contribution in [0.25, 0.3) is 0 Å². The van der Waals surface area contributed by atoms with Gasteiger partial charge in [-0.05, 0) is 56.5 Å². The number of nitrogens with zero attached hydrogens (tertiary/aromatic N) is 1. The Morgan fingerprint density at radius 3 is 2.54 bits per heavy atom. The highest BCUT2D eigenvalue weighted by molar-refractivity contribution is 6.30. The largest absolute Gasteiger partial charge is 0.493 e. The average molecular weight is 374 g/mol. The Morgan fingerprint density at radius 1 is 1.12 bits per heavy atom. The van der Waals surface area contributed by atoms with Crippen LogP contribution in [0.4, 0.5) is 0 Å². The minimum absolute atomic E-state index is 0.216. The Labute approximate surface area is 159 Å². The number of methoxy groups -OCH3 is 2. The molecule has 0 amide bonds. The molecule has 2 aromatic rings. The number of hydrogen-bond donors (Lipinski definition) is 0. The summed E-state index contributed by atoms with van der Waals surface area (Å²) in [6.07, 6.45) is 1.59. The molecule has 138 valence electrons. The maximum Gasteiger partial charge on any atom is 0.217 e. The van der Waals surface area contributed by atoms with Crippen molar-refractivity contribution in [3.05, 3.63) is 58.1 Å². The van der Waals surface area contributed by atoms with E-state index in [1.807, 2.05) is 30.3 Å². The van der Waals surface area contributed by atoms with Crippen molar-refractivity contribution < 1.29 is 14.2 Å². The number of aryl methyl sites for hydroxylation is 1. The number of rotatable bonds is 6. The molecule has 0 unspecified atom stereocenters. The van der Waals surface area contributed by atoms with Crippen molar-refractivity contribution in [2.24, 2.45) is 4.99 Å². The molecule has 1 aliphatic heterocycles. The molecule has 0 radical (unpaired) electrons. The molecule has 0 aliphatic carbocycles. The predicted octanol–water partition coefficient (Wildman–Crippen LogP) is 4.70. The summed E-state index contributed by atoms with van der Waals surface area (Å²) < 4.78 is 17.0. The van der Waals surface area contributed by atoms with Gasteiger partial charge in [0.1, 0.15) is 6.61 Å². The summed E-state index contributed by atoms with van der Waals surface area (Å²) in [5.74, 6) is 2.09. The average Bonchev–Trinajstić information content (AvgIpc) is 2.98. The summed E-state index contributed by atoms with van der Waals surface area (Å²) in [7, 11) is 3.30. The summed E-state index contributed by atoms with van der Waals surface area (Å²) >= 11 is 6.12. The summed E-state index contributed by atoms with van der Waals surface area (Å²) in [5.41, 5.74) is 2.94. The Kier molecular flexibility index (Phi) is 5.42. The molecule has 0 fully saturated rings. The van der Waals surface area contributed by atoms with Gasteiger partial charge >= 0.3 is 0 Å². The molecule has 1 aliphatic rings. The fourth-order valence-corrected chi connectivity index (χ4v) is 3.34. The van der Waals surface area contributed by atoms with E-state index in [0.717, 1.165) is 34.7 Å². The fraction of sp³-hybridized carbons (Fsp3) is 0.381. The maximum absolute atomic E-state index is 6.12. The van der Waals surface area contributed by atoms with Crippen LogP contribution in [0.2, 0.25) is 5.02 Å². The highest BCUT2D eigenvalue weighted by Gasteiger charge is 2.29. The molecule has 26 heavy (non-hydrogen) atoms. The van der Waals surface area contributed by atoms with Crippen molar-refractivity contribution in [2.45, 2.75) is 32.2 Å². The molecule has 0 atom stereocenters. The third kappa shape index (κ3) is 3.96. The van der Waals surface area contributed by atoms with Crippen molar-refractivity contribution in [3.8, 4) is 11.5 Å². The third-order valence-corrected chi connectivity index (χ3v) is 4.63. The molecule has 4 nitrogen and oxygen atoms in total. The second-order valence-electron chi connectivity index (χ2n) is 6.98. The number of benzene rings is 2. The molecule has 0 saturated heterocycles. The number of halogens is 1. The van der Waals surface area contributed by atoms with Crippen molar-refractivity contribution >= 4 is 17.5 Å². The quantitative estimate of drug-likeness (QED) is 0.737. The molecular formula is C21H24ClNO3. The number of hydrogen-bond acceptors (Lipinski definition) is 4. The van der Waals surface area contributed by atoms with Crippen LogP contribution in [0.1, 0.15) is 30.5 Å². The highest BCUT2D eigenvalue weighted by Crippen LogP contribution is 2.36. The lowest BCUT2D eigenvalue weighted by molar-refractivity contribution is 0.279. The second kappa shape index (κ2) is 7.58. The van der Waals surface area contributed by atoms with Gasteiger partial charge in [0.05, 0.1) is 19.8 Å². The van der Waals surface area contributed by atoms with E-state index in [2.05, 4.69) is 19.9 Å². The minimum Gasteiger partial charge on any atom is -0.493 e. The van der Waals surface area contributed by atoms with Crippen molar-refractivity contribution in [1.29, 1.82) is 0 Å². The van der Waals surface area contributed by atoms with Gasteiger partial charge in [0.25, 0.3) is 0 Å². The van der Waals surface area contributed by atoms with Crippen molar-refractivity contribution in [2.75, 3.05) is 20.8 Å². The Bertz CT molecular complexity index is 830. The Morgan fingerprint density at radius 2 is 1.92 bits per heavy atom. The van der Waals surface area contributed by atoms with E-state index in [0.29, 0.717) is 18.3 Å². The number of aliphatic imine (C=N–C) groups is 1. The highest BCUT2D eigenvalue weighted by atomic mass is 35.5. The van der Waals surface area contributed by atoms with Crippen LogP contribution >= 0.6 is 11.6 Å². The van der Waals surface area contributed by atoms with Crippen LogP contribution in [0.5, 0.6) is 11.5 Å². The van der Waals surface area contributed by atoms with Gasteiger partial charge in [-0.2, -0.15) is 0 Å². The normalized spacial score (nSPS) is 15.3. The molecule has 0 spiro atoms. The molecule has 3 rings (SSSR count). The SMILES string of the molecule is COc1ccc(C2=NC(C)(C)CO2)c(CCc2cccc(Cl)c2)c1OC. The van der Waals surface area contributed by atoms with Crippen LogP contribution < -0.4 is 9.47 Å². The lowest BCUT2D eigenvalue weighted by atomic mass is 9.98. The first-order valence-corrected chi connectivity index (χ1v) is 9.02. The van der Waals surface area contributed by atoms with Gasteiger partial charge in [-0.15, -0.1) is 0 Å². The topological polar surface area (TPSA) is 40.0 Å². The zero-order chi connectivity index (χ0) is 18.7. The van der Waals surface area contributed by atoms with Gasteiger partial charge in [0, 0.05) is 16.1 Å². The van der Waals surface area contributed by atoms with E-state index >= 15 is 0 Å². The molecule has 0 N–H and O–H groups in total. The summed E-state index contributed by atoms with van der Waals surface area (Å²) in [6, 6.07) is 11.8. The second-order valence-corrected chi connectivity index (χ2v) is 7.41. The first-order chi connectivity index (χ1) is 12.4. The predicted molar refractivity (Wildman–Crippen MR) is 105 cm³/mol. The van der Waals surface area contributed by atoms with Crippen molar-refractivity contribution in [3.63, 3.8) is 0 Å². The molecule has 0 saturated carbocycles. The van der Waals surface area contributed by atoms with Crippen LogP contribution in [-0.2, 0) is 17.6 Å². The molecule has 1 heterocycles. The van der Waals surface area contributed by atoms with Gasteiger partial charge in [-0.1, -0.05) is 23.7 Å². The molecular weight excluding hydrogens is 350 g/mol. The van der Waals surface area contributed by atoms with Crippen LogP contribution in [0, 0.1) is 0 Å². The van der Waals surface area contributed by atoms with E-state index < -0.39 is 0 Å². The van der Waals surface area contributed by atoms with Gasteiger partial charge in [-0.3, -0.25) is 0 Å². The van der Waals surface area contributed by atoms with Gasteiger partial charge < -0.3 is 14.2 Å².